The van der Waals surface area contributed by atoms with E-state index in [0.717, 1.165) is 0 Å². The standard InChI is InChI=1S/C9H13NO2/c1-8(2)10(9(11)12)6-4-3-5-7-10/h3-6,8H,7H2,1-2H3. The molecule has 1 atom stereocenters. The minimum Gasteiger partial charge on any atom is -0.498 e. The van der Waals surface area contributed by atoms with Gasteiger partial charge in [0.15, 0.2) is 0 Å². The summed E-state index contributed by atoms with van der Waals surface area (Å²) in [6, 6.07) is 0.0104. The zero-order chi connectivity index (χ0) is 9.19. The lowest BCUT2D eigenvalue weighted by molar-refractivity contribution is -0.843. The number of quaternary nitrogens is 1. The van der Waals surface area contributed by atoms with Gasteiger partial charge in [0, 0.05) is 0 Å². The van der Waals surface area contributed by atoms with Crippen molar-refractivity contribution in [3.8, 4) is 0 Å². The van der Waals surface area contributed by atoms with Crippen LogP contribution < -0.4 is 5.11 Å². The highest BCUT2D eigenvalue weighted by Gasteiger charge is 2.31. The van der Waals surface area contributed by atoms with E-state index in [2.05, 4.69) is 0 Å². The molecular formula is C9H13NO2. The molecule has 0 saturated heterocycles. The fraction of sp³-hybridized carbons (Fsp3) is 0.444. The molecule has 66 valence electrons. The van der Waals surface area contributed by atoms with Crippen molar-refractivity contribution in [2.75, 3.05) is 6.54 Å². The number of hydrogen-bond acceptors (Lipinski definition) is 2. The number of amides is 1. The molecule has 3 nitrogen and oxygen atoms in total. The number of rotatable bonds is 1. The van der Waals surface area contributed by atoms with Crippen LogP contribution in [0.1, 0.15) is 13.8 Å². The third-order valence-electron chi connectivity index (χ3n) is 2.27. The molecule has 0 aromatic heterocycles. The Hall–Kier alpha value is -1.09. The summed E-state index contributed by atoms with van der Waals surface area (Å²) >= 11 is 0. The highest BCUT2D eigenvalue weighted by molar-refractivity contribution is 5.55. The van der Waals surface area contributed by atoms with Crippen molar-refractivity contribution in [1.29, 1.82) is 0 Å². The second kappa shape index (κ2) is 3.11. The molecule has 1 rings (SSSR count). The molecule has 0 spiro atoms. The maximum absolute atomic E-state index is 10.9. The van der Waals surface area contributed by atoms with Crippen LogP contribution in [0.2, 0.25) is 0 Å². The number of nitrogens with zero attached hydrogens (tertiary/aromatic N) is 1. The van der Waals surface area contributed by atoms with Crippen LogP contribution in [0.5, 0.6) is 0 Å². The second-order valence-electron chi connectivity index (χ2n) is 3.24. The molecule has 1 unspecified atom stereocenters. The quantitative estimate of drug-likeness (QED) is 0.538. The Kier molecular flexibility index (Phi) is 2.33. The fourth-order valence-electron chi connectivity index (χ4n) is 1.31. The lowest BCUT2D eigenvalue weighted by Gasteiger charge is -2.38. The summed E-state index contributed by atoms with van der Waals surface area (Å²) in [7, 11) is 0. The van der Waals surface area contributed by atoms with Crippen LogP contribution in [-0.4, -0.2) is 23.2 Å². The Morgan fingerprint density at radius 2 is 2.17 bits per heavy atom. The van der Waals surface area contributed by atoms with Gasteiger partial charge >= 0.3 is 0 Å². The first-order valence-electron chi connectivity index (χ1n) is 4.03. The molecule has 0 aromatic carbocycles. The normalized spacial score (nSPS) is 27.9. The number of carbonyl (C=O) groups excluding carboxylic acids is 1. The molecule has 0 aromatic rings. The Balaban J connectivity index is 2.96. The van der Waals surface area contributed by atoms with E-state index in [0.29, 0.717) is 6.54 Å². The number of hydrogen-bond donors (Lipinski definition) is 0. The topological polar surface area (TPSA) is 40.1 Å². The van der Waals surface area contributed by atoms with E-state index in [9.17, 15) is 9.90 Å². The smallest absolute Gasteiger partial charge is 0.262 e. The maximum Gasteiger partial charge on any atom is 0.262 e. The van der Waals surface area contributed by atoms with Crippen LogP contribution in [-0.2, 0) is 0 Å². The fourth-order valence-corrected chi connectivity index (χ4v) is 1.31. The second-order valence-corrected chi connectivity index (χ2v) is 3.24. The van der Waals surface area contributed by atoms with E-state index in [1.165, 1.54) is 0 Å². The Labute approximate surface area is 72.2 Å². The van der Waals surface area contributed by atoms with Gasteiger partial charge in [-0.05, 0) is 26.0 Å². The van der Waals surface area contributed by atoms with Gasteiger partial charge in [-0.1, -0.05) is 6.08 Å². The monoisotopic (exact) mass is 167 g/mol. The van der Waals surface area contributed by atoms with Gasteiger partial charge in [0.25, 0.3) is 6.09 Å². The summed E-state index contributed by atoms with van der Waals surface area (Å²) in [5.74, 6) is 0. The molecule has 1 aliphatic heterocycles. The molecule has 0 aliphatic carbocycles. The van der Waals surface area contributed by atoms with Crippen molar-refractivity contribution in [3.63, 3.8) is 0 Å². The minimum absolute atomic E-state index is 0.0104. The predicted octanol–water partition coefficient (Wildman–Crippen LogP) is 0.638. The molecule has 1 aliphatic rings. The van der Waals surface area contributed by atoms with Crippen molar-refractivity contribution < 1.29 is 14.4 Å². The first-order valence-corrected chi connectivity index (χ1v) is 4.03. The van der Waals surface area contributed by atoms with Crippen molar-refractivity contribution in [3.05, 3.63) is 24.4 Å². The van der Waals surface area contributed by atoms with E-state index in [4.69, 9.17) is 0 Å². The van der Waals surface area contributed by atoms with Gasteiger partial charge in [-0.3, -0.25) is 0 Å². The molecule has 1 amide bonds. The van der Waals surface area contributed by atoms with Crippen LogP contribution in [0.15, 0.2) is 24.4 Å². The van der Waals surface area contributed by atoms with Crippen molar-refractivity contribution in [2.24, 2.45) is 0 Å². The lowest BCUT2D eigenvalue weighted by Crippen LogP contribution is -2.59. The molecule has 0 radical (unpaired) electrons. The third kappa shape index (κ3) is 1.28. The summed E-state index contributed by atoms with van der Waals surface area (Å²) in [6.07, 6.45) is 6.07. The molecule has 0 N–H and O–H groups in total. The van der Waals surface area contributed by atoms with Crippen molar-refractivity contribution in [2.45, 2.75) is 19.9 Å². The minimum atomic E-state index is -1.04. The van der Waals surface area contributed by atoms with Gasteiger partial charge in [-0.2, -0.15) is 0 Å². The highest BCUT2D eigenvalue weighted by Crippen LogP contribution is 2.17. The van der Waals surface area contributed by atoms with Gasteiger partial charge in [0.2, 0.25) is 0 Å². The summed E-state index contributed by atoms with van der Waals surface area (Å²) in [5, 5.41) is 10.9. The SMILES string of the molecule is CC(C)[N+]1(C(=O)[O-])C=CC=CC1. The van der Waals surface area contributed by atoms with Crippen molar-refractivity contribution >= 4 is 6.09 Å². The molecule has 0 saturated carbocycles. The van der Waals surface area contributed by atoms with Gasteiger partial charge < -0.3 is 9.90 Å². The number of allylic oxidation sites excluding steroid dienone is 2. The first-order chi connectivity index (χ1) is 5.59. The van der Waals surface area contributed by atoms with E-state index in [-0.39, 0.29) is 10.5 Å². The summed E-state index contributed by atoms with van der Waals surface area (Å²) in [6.45, 7) is 4.23. The van der Waals surface area contributed by atoms with Crippen LogP contribution in [0.4, 0.5) is 4.79 Å². The van der Waals surface area contributed by atoms with E-state index in [1.807, 2.05) is 26.0 Å². The summed E-state index contributed by atoms with van der Waals surface area (Å²) < 4.78 is -0.101. The molecule has 12 heavy (non-hydrogen) atoms. The molecule has 0 bridgehead atoms. The Morgan fingerprint density at radius 3 is 2.42 bits per heavy atom. The largest absolute Gasteiger partial charge is 0.498 e. The molecule has 0 fully saturated rings. The van der Waals surface area contributed by atoms with Gasteiger partial charge in [-0.25, -0.2) is 4.48 Å². The van der Waals surface area contributed by atoms with Crippen LogP contribution in [0.25, 0.3) is 0 Å². The van der Waals surface area contributed by atoms with Gasteiger partial charge in [0.1, 0.15) is 12.7 Å². The summed E-state index contributed by atoms with van der Waals surface area (Å²) in [5.41, 5.74) is 0. The number of carbonyl (C=O) groups is 1. The Bertz CT molecular complexity index is 243. The van der Waals surface area contributed by atoms with E-state index >= 15 is 0 Å². The zero-order valence-electron chi connectivity index (χ0n) is 7.36. The Morgan fingerprint density at radius 1 is 1.50 bits per heavy atom. The van der Waals surface area contributed by atoms with Gasteiger partial charge in [0.05, 0.1) is 6.04 Å². The molecular weight excluding hydrogens is 154 g/mol. The predicted molar refractivity (Wildman–Crippen MR) is 43.9 cm³/mol. The number of carboxylic acid groups (broad SMARTS) is 1. The third-order valence-corrected chi connectivity index (χ3v) is 2.27. The first kappa shape index (κ1) is 9.00. The maximum atomic E-state index is 10.9. The van der Waals surface area contributed by atoms with E-state index < -0.39 is 6.09 Å². The van der Waals surface area contributed by atoms with Gasteiger partial charge in [-0.15, -0.1) is 0 Å². The van der Waals surface area contributed by atoms with Crippen molar-refractivity contribution in [1.82, 2.24) is 0 Å². The average Bonchev–Trinajstić information content (AvgIpc) is 2.05. The molecule has 3 heteroatoms. The van der Waals surface area contributed by atoms with Crippen LogP contribution in [0, 0.1) is 0 Å². The lowest BCUT2D eigenvalue weighted by atomic mass is 10.2. The van der Waals surface area contributed by atoms with Crippen LogP contribution in [0.3, 0.4) is 0 Å². The highest BCUT2D eigenvalue weighted by atomic mass is 16.4. The summed E-state index contributed by atoms with van der Waals surface area (Å²) in [4.78, 5) is 10.9. The van der Waals surface area contributed by atoms with Crippen LogP contribution >= 0.6 is 0 Å². The average molecular weight is 167 g/mol. The molecule has 1 heterocycles. The van der Waals surface area contributed by atoms with E-state index in [1.54, 1.807) is 12.3 Å². The zero-order valence-corrected chi connectivity index (χ0v) is 7.36.